The third-order valence-electron chi connectivity index (χ3n) is 2.57. The zero-order valence-corrected chi connectivity index (χ0v) is 13.1. The number of unbranched alkanes of at least 4 members (excludes halogenated alkanes) is 2. The van der Waals surface area contributed by atoms with Gasteiger partial charge in [0.15, 0.2) is 11.5 Å². The summed E-state index contributed by atoms with van der Waals surface area (Å²) in [5, 5.41) is 18.8. The van der Waals surface area contributed by atoms with E-state index in [1.54, 1.807) is 19.1 Å². The second kappa shape index (κ2) is 11.9. The zero-order valence-electron chi connectivity index (χ0n) is 13.1. The molecular weight excluding hydrogens is 272 g/mol. The highest BCUT2D eigenvalue weighted by Gasteiger charge is 2.06. The molecule has 0 spiro atoms. The monoisotopic (exact) mass is 298 g/mol. The van der Waals surface area contributed by atoms with E-state index in [0.29, 0.717) is 19.6 Å². The first-order valence-electron chi connectivity index (χ1n) is 7.44. The fourth-order valence-corrected chi connectivity index (χ4v) is 1.59. The van der Waals surface area contributed by atoms with E-state index in [-0.39, 0.29) is 23.2 Å². The molecule has 0 heterocycles. The molecule has 5 nitrogen and oxygen atoms in total. The van der Waals surface area contributed by atoms with Crippen molar-refractivity contribution in [2.75, 3.05) is 13.2 Å². The average molecular weight is 298 g/mol. The minimum Gasteiger partial charge on any atom is -0.504 e. The number of rotatable bonds is 8. The Morgan fingerprint density at radius 3 is 2.52 bits per heavy atom. The number of phenolic OH excluding ortho intramolecular Hbond substituents is 2. The average Bonchev–Trinajstić information content (AvgIpc) is 2.49. The van der Waals surface area contributed by atoms with E-state index in [0.717, 1.165) is 19.3 Å². The number of esters is 1. The summed E-state index contributed by atoms with van der Waals surface area (Å²) >= 11 is 0. The van der Waals surface area contributed by atoms with Crippen LogP contribution in [0, 0.1) is 0 Å². The Hall–Kier alpha value is -1.91. The smallest absolute Gasteiger partial charge is 0.305 e. The van der Waals surface area contributed by atoms with Crippen LogP contribution in [-0.4, -0.2) is 29.4 Å². The summed E-state index contributed by atoms with van der Waals surface area (Å²) in [5.41, 5.74) is 0. The molecule has 0 saturated heterocycles. The van der Waals surface area contributed by atoms with Crippen molar-refractivity contribution in [3.63, 3.8) is 0 Å². The van der Waals surface area contributed by atoms with Gasteiger partial charge in [-0.05, 0) is 38.3 Å². The highest BCUT2D eigenvalue weighted by molar-refractivity contribution is 5.69. The van der Waals surface area contributed by atoms with Crippen LogP contribution in [-0.2, 0) is 9.53 Å². The van der Waals surface area contributed by atoms with E-state index < -0.39 is 0 Å². The van der Waals surface area contributed by atoms with Crippen LogP contribution in [0.15, 0.2) is 18.2 Å². The van der Waals surface area contributed by atoms with Crippen molar-refractivity contribution in [3.05, 3.63) is 18.2 Å². The van der Waals surface area contributed by atoms with Gasteiger partial charge in [0.2, 0.25) is 5.75 Å². The Morgan fingerprint density at radius 2 is 1.86 bits per heavy atom. The van der Waals surface area contributed by atoms with Crippen molar-refractivity contribution in [2.24, 2.45) is 0 Å². The van der Waals surface area contributed by atoms with Gasteiger partial charge in [0.05, 0.1) is 13.2 Å². The standard InChI is InChI=1S/C14H20O5.C2H6/c1-2-18-13(16)9-4-3-5-10-19-12-8-6-7-11(15)14(12)17;1-2/h6-8,15,17H,2-5,9-10H2,1H3;1-2H3. The van der Waals surface area contributed by atoms with Gasteiger partial charge in [-0.2, -0.15) is 0 Å². The van der Waals surface area contributed by atoms with Crippen LogP contribution >= 0.6 is 0 Å². The number of para-hydroxylation sites is 1. The van der Waals surface area contributed by atoms with Crippen molar-refractivity contribution >= 4 is 5.97 Å². The van der Waals surface area contributed by atoms with Crippen molar-refractivity contribution < 1.29 is 24.5 Å². The highest BCUT2D eigenvalue weighted by Crippen LogP contribution is 2.34. The second-order valence-electron chi connectivity index (χ2n) is 4.09. The van der Waals surface area contributed by atoms with Crippen molar-refractivity contribution in [3.8, 4) is 17.2 Å². The predicted octanol–water partition coefficient (Wildman–Crippen LogP) is 3.63. The fourth-order valence-electron chi connectivity index (χ4n) is 1.59. The van der Waals surface area contributed by atoms with Crippen molar-refractivity contribution in [2.45, 2.75) is 46.5 Å². The number of carbonyl (C=O) groups is 1. The molecule has 0 amide bonds. The number of hydrogen-bond acceptors (Lipinski definition) is 5. The summed E-state index contributed by atoms with van der Waals surface area (Å²) in [4.78, 5) is 11.1. The number of hydrogen-bond donors (Lipinski definition) is 2. The van der Waals surface area contributed by atoms with Crippen LogP contribution in [0.5, 0.6) is 17.2 Å². The lowest BCUT2D eigenvalue weighted by molar-refractivity contribution is -0.143. The minimum atomic E-state index is -0.242. The van der Waals surface area contributed by atoms with Gasteiger partial charge in [-0.15, -0.1) is 0 Å². The second-order valence-corrected chi connectivity index (χ2v) is 4.09. The molecule has 0 aliphatic carbocycles. The van der Waals surface area contributed by atoms with Crippen LogP contribution in [0.1, 0.15) is 46.5 Å². The molecule has 0 aliphatic heterocycles. The maximum absolute atomic E-state index is 11.1. The fraction of sp³-hybridized carbons (Fsp3) is 0.562. The Labute approximate surface area is 126 Å². The maximum Gasteiger partial charge on any atom is 0.305 e. The summed E-state index contributed by atoms with van der Waals surface area (Å²) in [6.45, 7) is 6.63. The number of phenols is 2. The Kier molecular flexibility index (Phi) is 10.8. The molecule has 1 rings (SSSR count). The van der Waals surface area contributed by atoms with Gasteiger partial charge in [-0.1, -0.05) is 19.9 Å². The molecule has 0 aromatic heterocycles. The van der Waals surface area contributed by atoms with Crippen molar-refractivity contribution in [1.29, 1.82) is 0 Å². The van der Waals surface area contributed by atoms with Crippen LogP contribution < -0.4 is 4.74 Å². The quantitative estimate of drug-likeness (QED) is 0.435. The summed E-state index contributed by atoms with van der Waals surface area (Å²) in [5.74, 6) is -0.340. The molecular formula is C16H26O5. The van der Waals surface area contributed by atoms with E-state index >= 15 is 0 Å². The normalized spacial score (nSPS) is 9.48. The molecule has 0 saturated carbocycles. The van der Waals surface area contributed by atoms with Gasteiger partial charge in [-0.3, -0.25) is 4.79 Å². The first-order chi connectivity index (χ1) is 10.1. The summed E-state index contributed by atoms with van der Waals surface area (Å²) in [6.07, 6.45) is 2.80. The van der Waals surface area contributed by atoms with Gasteiger partial charge in [-0.25, -0.2) is 0 Å². The highest BCUT2D eigenvalue weighted by atomic mass is 16.5. The third kappa shape index (κ3) is 8.07. The molecule has 2 N–H and O–H groups in total. The number of aromatic hydroxyl groups is 2. The van der Waals surface area contributed by atoms with Crippen LogP contribution in [0.4, 0.5) is 0 Å². The Balaban J connectivity index is 0.00000191. The van der Waals surface area contributed by atoms with Crippen molar-refractivity contribution in [1.82, 2.24) is 0 Å². The van der Waals surface area contributed by atoms with Crippen LogP contribution in [0.25, 0.3) is 0 Å². The number of ether oxygens (including phenoxy) is 2. The summed E-state index contributed by atoms with van der Waals surface area (Å²) in [6, 6.07) is 4.58. The van der Waals surface area contributed by atoms with Crippen LogP contribution in [0.2, 0.25) is 0 Å². The number of carbonyl (C=O) groups excluding carboxylic acids is 1. The maximum atomic E-state index is 11.1. The molecule has 21 heavy (non-hydrogen) atoms. The third-order valence-corrected chi connectivity index (χ3v) is 2.57. The Morgan fingerprint density at radius 1 is 1.14 bits per heavy atom. The van der Waals surface area contributed by atoms with E-state index in [4.69, 9.17) is 9.47 Å². The SMILES string of the molecule is CC.CCOC(=O)CCCCCOc1cccc(O)c1O. The van der Waals surface area contributed by atoms with E-state index in [2.05, 4.69) is 0 Å². The van der Waals surface area contributed by atoms with Gasteiger partial charge in [0.25, 0.3) is 0 Å². The lowest BCUT2D eigenvalue weighted by Crippen LogP contribution is -2.04. The molecule has 0 aliphatic rings. The molecule has 120 valence electrons. The molecule has 0 unspecified atom stereocenters. The topological polar surface area (TPSA) is 76.0 Å². The molecule has 0 fully saturated rings. The largest absolute Gasteiger partial charge is 0.504 e. The van der Waals surface area contributed by atoms with Gasteiger partial charge >= 0.3 is 5.97 Å². The number of benzene rings is 1. The van der Waals surface area contributed by atoms with E-state index in [1.807, 2.05) is 13.8 Å². The molecule has 1 aromatic carbocycles. The molecule has 0 bridgehead atoms. The predicted molar refractivity (Wildman–Crippen MR) is 81.7 cm³/mol. The van der Waals surface area contributed by atoms with Gasteiger partial charge < -0.3 is 19.7 Å². The lowest BCUT2D eigenvalue weighted by atomic mass is 10.2. The van der Waals surface area contributed by atoms with Gasteiger partial charge in [0, 0.05) is 6.42 Å². The zero-order chi connectivity index (χ0) is 16.1. The Bertz CT molecular complexity index is 404. The molecule has 1 aromatic rings. The van der Waals surface area contributed by atoms with E-state index in [9.17, 15) is 15.0 Å². The molecule has 0 radical (unpaired) electrons. The van der Waals surface area contributed by atoms with Gasteiger partial charge in [0.1, 0.15) is 0 Å². The van der Waals surface area contributed by atoms with E-state index in [1.165, 1.54) is 6.07 Å². The lowest BCUT2D eigenvalue weighted by Gasteiger charge is -2.08. The minimum absolute atomic E-state index is 0.172. The molecule has 0 atom stereocenters. The summed E-state index contributed by atoms with van der Waals surface area (Å²) < 4.78 is 10.2. The summed E-state index contributed by atoms with van der Waals surface area (Å²) in [7, 11) is 0. The van der Waals surface area contributed by atoms with Crippen LogP contribution in [0.3, 0.4) is 0 Å². The first kappa shape index (κ1) is 19.1. The first-order valence-corrected chi connectivity index (χ1v) is 7.44. The molecule has 5 heteroatoms.